The highest BCUT2D eigenvalue weighted by molar-refractivity contribution is 5.41. The molecule has 0 atom stereocenters. The fraction of sp³-hybridized carbons (Fsp3) is 0.600. The van der Waals surface area contributed by atoms with Gasteiger partial charge in [0, 0.05) is 0 Å². The Morgan fingerprint density at radius 3 is 2.44 bits per heavy atom. The lowest BCUT2D eigenvalue weighted by Gasteiger charge is -2.35. The second-order valence-corrected chi connectivity index (χ2v) is 5.11. The third-order valence-corrected chi connectivity index (χ3v) is 3.42. The Morgan fingerprint density at radius 2 is 1.89 bits per heavy atom. The molecule has 1 aromatic rings. The smallest absolute Gasteiger partial charge is 0.195 e. The van der Waals surface area contributed by atoms with Gasteiger partial charge in [0.1, 0.15) is 5.75 Å². The second-order valence-electron chi connectivity index (χ2n) is 5.11. The molecule has 1 heterocycles. The fourth-order valence-corrected chi connectivity index (χ4v) is 2.23. The molecule has 100 valence electrons. The molecule has 0 N–H and O–H groups in total. The molecule has 0 aromatic heterocycles. The van der Waals surface area contributed by atoms with Gasteiger partial charge in [-0.2, -0.15) is 0 Å². The number of hydrogen-bond acceptors (Lipinski definition) is 3. The van der Waals surface area contributed by atoms with Crippen molar-refractivity contribution in [3.63, 3.8) is 0 Å². The van der Waals surface area contributed by atoms with E-state index in [9.17, 15) is 0 Å². The Bertz CT molecular complexity index is 406. The van der Waals surface area contributed by atoms with Gasteiger partial charge >= 0.3 is 0 Å². The lowest BCUT2D eigenvalue weighted by Crippen LogP contribution is -2.35. The molecule has 2 rings (SSSR count). The van der Waals surface area contributed by atoms with Gasteiger partial charge in [0.15, 0.2) is 5.79 Å². The van der Waals surface area contributed by atoms with Gasteiger partial charge in [0.05, 0.1) is 25.9 Å². The molecule has 0 spiro atoms. The van der Waals surface area contributed by atoms with Crippen LogP contribution >= 0.6 is 0 Å². The van der Waals surface area contributed by atoms with Crippen molar-refractivity contribution < 1.29 is 14.2 Å². The van der Waals surface area contributed by atoms with Crippen LogP contribution in [-0.2, 0) is 15.3 Å². The summed E-state index contributed by atoms with van der Waals surface area (Å²) in [5.74, 6) is 0.611. The van der Waals surface area contributed by atoms with Crippen molar-refractivity contribution in [2.75, 3.05) is 20.3 Å². The van der Waals surface area contributed by atoms with Crippen LogP contribution in [0.4, 0.5) is 0 Å². The molecule has 1 fully saturated rings. The molecule has 0 radical (unpaired) electrons. The van der Waals surface area contributed by atoms with Crippen LogP contribution < -0.4 is 4.74 Å². The van der Waals surface area contributed by atoms with Crippen molar-refractivity contribution in [3.8, 4) is 5.75 Å². The Kier molecular flexibility index (Phi) is 3.93. The molecule has 0 amide bonds. The average molecular weight is 250 g/mol. The van der Waals surface area contributed by atoms with Gasteiger partial charge in [-0.05, 0) is 37.0 Å². The number of methoxy groups -OCH3 is 1. The van der Waals surface area contributed by atoms with Crippen molar-refractivity contribution in [1.29, 1.82) is 0 Å². The first-order valence-corrected chi connectivity index (χ1v) is 6.53. The first-order chi connectivity index (χ1) is 8.57. The van der Waals surface area contributed by atoms with E-state index in [2.05, 4.69) is 26.0 Å². The van der Waals surface area contributed by atoms with Gasteiger partial charge in [0.2, 0.25) is 0 Å². The summed E-state index contributed by atoms with van der Waals surface area (Å²) in [6.45, 7) is 7.78. The summed E-state index contributed by atoms with van der Waals surface area (Å²) in [5, 5.41) is 0. The molecule has 0 aliphatic carbocycles. The minimum atomic E-state index is -0.686. The second kappa shape index (κ2) is 5.29. The molecule has 1 saturated heterocycles. The van der Waals surface area contributed by atoms with E-state index in [1.54, 1.807) is 7.11 Å². The molecule has 1 aromatic carbocycles. The summed E-state index contributed by atoms with van der Waals surface area (Å²) in [4.78, 5) is 0. The van der Waals surface area contributed by atoms with E-state index in [0.29, 0.717) is 5.92 Å². The van der Waals surface area contributed by atoms with Gasteiger partial charge in [0.25, 0.3) is 0 Å². The highest BCUT2D eigenvalue weighted by Gasteiger charge is 2.34. The maximum absolute atomic E-state index is 5.83. The van der Waals surface area contributed by atoms with Crippen LogP contribution in [-0.4, -0.2) is 20.3 Å². The standard InChI is InChI=1S/C15H22O3/c1-11(2)12-6-7-14(16-4)13(10-12)15(3)17-8-5-9-18-15/h6-7,10-11H,5,8-9H2,1-4H3. The number of hydrogen-bond donors (Lipinski definition) is 0. The Morgan fingerprint density at radius 1 is 1.22 bits per heavy atom. The van der Waals surface area contributed by atoms with Crippen LogP contribution in [0.5, 0.6) is 5.75 Å². The zero-order chi connectivity index (χ0) is 13.2. The van der Waals surface area contributed by atoms with Crippen LogP contribution in [0, 0.1) is 0 Å². The Balaban J connectivity index is 2.42. The molecular weight excluding hydrogens is 228 g/mol. The minimum Gasteiger partial charge on any atom is -0.496 e. The summed E-state index contributed by atoms with van der Waals surface area (Å²) in [6.07, 6.45) is 0.946. The van der Waals surface area contributed by atoms with E-state index in [1.807, 2.05) is 13.0 Å². The van der Waals surface area contributed by atoms with Crippen molar-refractivity contribution >= 4 is 0 Å². The van der Waals surface area contributed by atoms with Crippen LogP contribution in [0.25, 0.3) is 0 Å². The predicted molar refractivity (Wildman–Crippen MR) is 71.0 cm³/mol. The maximum Gasteiger partial charge on any atom is 0.195 e. The molecule has 0 bridgehead atoms. The lowest BCUT2D eigenvalue weighted by molar-refractivity contribution is -0.265. The van der Waals surface area contributed by atoms with Gasteiger partial charge in [-0.1, -0.05) is 19.9 Å². The quantitative estimate of drug-likeness (QED) is 0.822. The van der Waals surface area contributed by atoms with Crippen molar-refractivity contribution in [2.24, 2.45) is 0 Å². The van der Waals surface area contributed by atoms with Crippen molar-refractivity contribution in [1.82, 2.24) is 0 Å². The van der Waals surface area contributed by atoms with Crippen LogP contribution in [0.3, 0.4) is 0 Å². The van der Waals surface area contributed by atoms with E-state index in [0.717, 1.165) is 30.9 Å². The van der Waals surface area contributed by atoms with Crippen LogP contribution in [0.2, 0.25) is 0 Å². The van der Waals surface area contributed by atoms with E-state index >= 15 is 0 Å². The first kappa shape index (κ1) is 13.4. The molecule has 18 heavy (non-hydrogen) atoms. The van der Waals surface area contributed by atoms with E-state index in [4.69, 9.17) is 14.2 Å². The summed E-state index contributed by atoms with van der Waals surface area (Å²) in [7, 11) is 1.68. The zero-order valence-corrected chi connectivity index (χ0v) is 11.7. The van der Waals surface area contributed by atoms with Gasteiger partial charge < -0.3 is 14.2 Å². The maximum atomic E-state index is 5.83. The molecule has 1 aliphatic rings. The number of ether oxygens (including phenoxy) is 3. The summed E-state index contributed by atoms with van der Waals surface area (Å²) >= 11 is 0. The third-order valence-electron chi connectivity index (χ3n) is 3.42. The van der Waals surface area contributed by atoms with E-state index in [-0.39, 0.29) is 0 Å². The minimum absolute atomic E-state index is 0.474. The summed E-state index contributed by atoms with van der Waals surface area (Å²) < 4.78 is 17.1. The first-order valence-electron chi connectivity index (χ1n) is 6.53. The monoisotopic (exact) mass is 250 g/mol. The molecule has 3 nitrogen and oxygen atoms in total. The highest BCUT2D eigenvalue weighted by Crippen LogP contribution is 2.37. The Labute approximate surface area is 109 Å². The molecule has 0 unspecified atom stereocenters. The summed E-state index contributed by atoms with van der Waals surface area (Å²) in [6, 6.07) is 6.23. The SMILES string of the molecule is COc1ccc(C(C)C)cc1C1(C)OCCCO1. The topological polar surface area (TPSA) is 27.7 Å². The predicted octanol–water partition coefficient (Wildman–Crippen LogP) is 3.43. The van der Waals surface area contributed by atoms with Crippen LogP contribution in [0.15, 0.2) is 18.2 Å². The van der Waals surface area contributed by atoms with Crippen LogP contribution in [0.1, 0.15) is 44.2 Å². The van der Waals surface area contributed by atoms with Crippen molar-refractivity contribution in [2.45, 2.75) is 38.9 Å². The van der Waals surface area contributed by atoms with E-state index < -0.39 is 5.79 Å². The highest BCUT2D eigenvalue weighted by atomic mass is 16.7. The van der Waals surface area contributed by atoms with Gasteiger partial charge in [-0.25, -0.2) is 0 Å². The third kappa shape index (κ3) is 2.52. The average Bonchev–Trinajstić information content (AvgIpc) is 2.38. The van der Waals surface area contributed by atoms with Gasteiger partial charge in [-0.3, -0.25) is 0 Å². The molecule has 3 heteroatoms. The molecule has 1 aliphatic heterocycles. The number of rotatable bonds is 3. The normalized spacial score (nSPS) is 18.9. The summed E-state index contributed by atoms with van der Waals surface area (Å²) in [5.41, 5.74) is 2.25. The van der Waals surface area contributed by atoms with Gasteiger partial charge in [-0.15, -0.1) is 0 Å². The van der Waals surface area contributed by atoms with Crippen molar-refractivity contribution in [3.05, 3.63) is 29.3 Å². The largest absolute Gasteiger partial charge is 0.496 e. The fourth-order valence-electron chi connectivity index (χ4n) is 2.23. The lowest BCUT2D eigenvalue weighted by atomic mass is 9.96. The van der Waals surface area contributed by atoms with E-state index in [1.165, 1.54) is 5.56 Å². The zero-order valence-electron chi connectivity index (χ0n) is 11.7. The molecular formula is C15H22O3. The Hall–Kier alpha value is -1.06. The number of benzene rings is 1. The molecule has 0 saturated carbocycles.